The fraction of sp³-hybridized carbons (Fsp3) is 0.345. The second-order valence-electron chi connectivity index (χ2n) is 8.71. The molecule has 0 atom stereocenters. The van der Waals surface area contributed by atoms with Crippen LogP contribution in [0.2, 0.25) is 0 Å². The molecule has 156 valence electrons. The molecule has 0 bridgehead atoms. The van der Waals surface area contributed by atoms with E-state index in [-0.39, 0.29) is 5.82 Å². The molecule has 0 saturated heterocycles. The molecule has 0 amide bonds. The first-order valence-corrected chi connectivity index (χ1v) is 11.4. The Balaban J connectivity index is 1.51. The normalized spacial score (nSPS) is 18.2. The zero-order valence-electron chi connectivity index (χ0n) is 18.1. The van der Waals surface area contributed by atoms with Gasteiger partial charge in [-0.1, -0.05) is 62.3 Å². The highest BCUT2D eigenvalue weighted by Crippen LogP contribution is 2.38. The Labute approximate surface area is 184 Å². The SMILES string of the molecule is CCCCC1CCC(c2ccc3c(F)c(C#Cc4ccc(C#N)cc4)ccc3c2)CC1. The third-order valence-electron chi connectivity index (χ3n) is 6.62. The van der Waals surface area contributed by atoms with Gasteiger partial charge >= 0.3 is 0 Å². The molecule has 0 aromatic heterocycles. The van der Waals surface area contributed by atoms with Crippen molar-refractivity contribution in [1.82, 2.24) is 0 Å². The van der Waals surface area contributed by atoms with Crippen molar-refractivity contribution in [2.45, 2.75) is 57.8 Å². The topological polar surface area (TPSA) is 23.8 Å². The fourth-order valence-electron chi connectivity index (χ4n) is 4.71. The molecule has 1 saturated carbocycles. The number of hydrogen-bond donors (Lipinski definition) is 0. The lowest BCUT2D eigenvalue weighted by Crippen LogP contribution is -2.13. The molecule has 0 spiro atoms. The summed E-state index contributed by atoms with van der Waals surface area (Å²) in [6, 6.07) is 19.1. The molecular weight excluding hydrogens is 381 g/mol. The number of hydrogen-bond acceptors (Lipinski definition) is 1. The molecule has 4 rings (SSSR count). The molecule has 0 aliphatic heterocycles. The fourth-order valence-corrected chi connectivity index (χ4v) is 4.71. The molecule has 1 nitrogen and oxygen atoms in total. The van der Waals surface area contributed by atoms with E-state index in [1.165, 1.54) is 50.5 Å². The predicted octanol–water partition coefficient (Wildman–Crippen LogP) is 7.71. The first-order valence-electron chi connectivity index (χ1n) is 11.4. The number of halogens is 1. The average molecular weight is 410 g/mol. The van der Waals surface area contributed by atoms with Crippen LogP contribution in [-0.4, -0.2) is 0 Å². The number of rotatable bonds is 4. The first kappa shape index (κ1) is 21.1. The minimum absolute atomic E-state index is 0.256. The average Bonchev–Trinajstić information content (AvgIpc) is 2.83. The van der Waals surface area contributed by atoms with Crippen molar-refractivity contribution < 1.29 is 4.39 Å². The van der Waals surface area contributed by atoms with Gasteiger partial charge in [-0.05, 0) is 78.8 Å². The molecule has 1 aliphatic rings. The highest BCUT2D eigenvalue weighted by Gasteiger charge is 2.22. The van der Waals surface area contributed by atoms with Crippen molar-refractivity contribution in [3.63, 3.8) is 0 Å². The summed E-state index contributed by atoms with van der Waals surface area (Å²) in [4.78, 5) is 0. The van der Waals surface area contributed by atoms with Crippen LogP contribution in [0, 0.1) is 34.9 Å². The largest absolute Gasteiger partial charge is 0.205 e. The van der Waals surface area contributed by atoms with Crippen LogP contribution in [0.15, 0.2) is 54.6 Å². The maximum absolute atomic E-state index is 15.1. The van der Waals surface area contributed by atoms with E-state index in [4.69, 9.17) is 5.26 Å². The quantitative estimate of drug-likeness (QED) is 0.405. The summed E-state index contributed by atoms with van der Waals surface area (Å²) in [5.74, 6) is 7.19. The zero-order chi connectivity index (χ0) is 21.6. The van der Waals surface area contributed by atoms with Crippen LogP contribution in [-0.2, 0) is 0 Å². The lowest BCUT2D eigenvalue weighted by atomic mass is 9.77. The molecule has 0 N–H and O–H groups in total. The third kappa shape index (κ3) is 4.98. The highest BCUT2D eigenvalue weighted by atomic mass is 19.1. The first-order chi connectivity index (χ1) is 15.2. The summed E-state index contributed by atoms with van der Waals surface area (Å²) in [7, 11) is 0. The van der Waals surface area contributed by atoms with Crippen molar-refractivity contribution in [3.05, 3.63) is 82.7 Å². The zero-order valence-corrected chi connectivity index (χ0v) is 18.1. The van der Waals surface area contributed by atoms with Gasteiger partial charge in [0.1, 0.15) is 5.82 Å². The summed E-state index contributed by atoms with van der Waals surface area (Å²) in [6.07, 6.45) is 9.14. The maximum Gasteiger partial charge on any atom is 0.146 e. The van der Waals surface area contributed by atoms with Gasteiger partial charge in [-0.3, -0.25) is 0 Å². The number of nitrogens with zero attached hydrogens (tertiary/aromatic N) is 1. The molecule has 2 heteroatoms. The summed E-state index contributed by atoms with van der Waals surface area (Å²) < 4.78 is 15.1. The second kappa shape index (κ2) is 9.80. The van der Waals surface area contributed by atoms with Crippen LogP contribution >= 0.6 is 0 Å². The van der Waals surface area contributed by atoms with Crippen molar-refractivity contribution >= 4 is 10.8 Å². The standard InChI is InChI=1S/C29H28FN/c1-2-3-4-21-9-12-24(13-10-21)26-17-18-28-27(19-26)16-15-25(29(28)30)14-11-22-5-7-23(20-31)8-6-22/h5-8,15-19,21,24H,2-4,9-10,12-13H2,1H3. The van der Waals surface area contributed by atoms with Gasteiger partial charge in [-0.25, -0.2) is 4.39 Å². The highest BCUT2D eigenvalue weighted by molar-refractivity contribution is 5.85. The third-order valence-corrected chi connectivity index (χ3v) is 6.62. The van der Waals surface area contributed by atoms with E-state index in [2.05, 4.69) is 37.0 Å². The Kier molecular flexibility index (Phi) is 6.69. The van der Waals surface area contributed by atoms with Gasteiger partial charge in [0.2, 0.25) is 0 Å². The monoisotopic (exact) mass is 409 g/mol. The smallest absolute Gasteiger partial charge is 0.146 e. The Hall–Kier alpha value is -3.10. The number of nitriles is 1. The van der Waals surface area contributed by atoms with Crippen LogP contribution in [0.25, 0.3) is 10.8 Å². The van der Waals surface area contributed by atoms with Crippen LogP contribution in [0.1, 0.15) is 80.0 Å². The summed E-state index contributed by atoms with van der Waals surface area (Å²) in [6.45, 7) is 2.27. The van der Waals surface area contributed by atoms with Crippen LogP contribution in [0.3, 0.4) is 0 Å². The van der Waals surface area contributed by atoms with Crippen LogP contribution in [0.5, 0.6) is 0 Å². The Morgan fingerprint density at radius 3 is 2.35 bits per heavy atom. The van der Waals surface area contributed by atoms with Gasteiger partial charge in [0.25, 0.3) is 0 Å². The second-order valence-corrected chi connectivity index (χ2v) is 8.71. The molecule has 0 unspecified atom stereocenters. The predicted molar refractivity (Wildman–Crippen MR) is 125 cm³/mol. The van der Waals surface area contributed by atoms with Crippen LogP contribution < -0.4 is 0 Å². The van der Waals surface area contributed by atoms with Gasteiger partial charge in [-0.2, -0.15) is 5.26 Å². The minimum Gasteiger partial charge on any atom is -0.205 e. The minimum atomic E-state index is -0.256. The number of unbranched alkanes of at least 4 members (excludes halogenated alkanes) is 1. The van der Waals surface area contributed by atoms with Crippen molar-refractivity contribution in [3.8, 4) is 17.9 Å². The van der Waals surface area contributed by atoms with E-state index in [0.717, 1.165) is 16.9 Å². The van der Waals surface area contributed by atoms with E-state index < -0.39 is 0 Å². The molecule has 1 fully saturated rings. The van der Waals surface area contributed by atoms with E-state index in [0.29, 0.717) is 22.4 Å². The van der Waals surface area contributed by atoms with E-state index in [9.17, 15) is 0 Å². The molecular formula is C29H28FN. The van der Waals surface area contributed by atoms with Gasteiger partial charge in [-0.15, -0.1) is 0 Å². The summed E-state index contributed by atoms with van der Waals surface area (Å²) >= 11 is 0. The van der Waals surface area contributed by atoms with Gasteiger partial charge < -0.3 is 0 Å². The Morgan fingerprint density at radius 2 is 1.65 bits per heavy atom. The number of benzene rings is 3. The lowest BCUT2D eigenvalue weighted by Gasteiger charge is -2.29. The number of fused-ring (bicyclic) bond motifs is 1. The van der Waals surface area contributed by atoms with E-state index in [1.807, 2.05) is 12.1 Å². The van der Waals surface area contributed by atoms with Gasteiger partial charge in [0.15, 0.2) is 0 Å². The lowest BCUT2D eigenvalue weighted by molar-refractivity contribution is 0.304. The van der Waals surface area contributed by atoms with Gasteiger partial charge in [0.05, 0.1) is 17.2 Å². The molecule has 0 radical (unpaired) electrons. The summed E-state index contributed by atoms with van der Waals surface area (Å²) in [5.41, 5.74) is 3.11. The van der Waals surface area contributed by atoms with E-state index >= 15 is 4.39 Å². The van der Waals surface area contributed by atoms with Gasteiger partial charge in [0, 0.05) is 10.9 Å². The molecule has 31 heavy (non-hydrogen) atoms. The van der Waals surface area contributed by atoms with Crippen molar-refractivity contribution in [1.29, 1.82) is 5.26 Å². The molecule has 0 heterocycles. The van der Waals surface area contributed by atoms with Crippen molar-refractivity contribution in [2.24, 2.45) is 5.92 Å². The molecule has 3 aromatic rings. The maximum atomic E-state index is 15.1. The van der Waals surface area contributed by atoms with Crippen LogP contribution in [0.4, 0.5) is 4.39 Å². The molecule has 1 aliphatic carbocycles. The molecule has 3 aromatic carbocycles. The van der Waals surface area contributed by atoms with Crippen molar-refractivity contribution in [2.75, 3.05) is 0 Å². The Morgan fingerprint density at radius 1 is 0.903 bits per heavy atom. The van der Waals surface area contributed by atoms with E-state index in [1.54, 1.807) is 30.3 Å². The summed E-state index contributed by atoms with van der Waals surface area (Å²) in [5, 5.41) is 10.5. The Bertz CT molecular complexity index is 1150.